The first kappa shape index (κ1) is 20.8. The molecule has 0 spiro atoms. The molecule has 1 aromatic carbocycles. The average molecular weight is 421 g/mol. The van der Waals surface area contributed by atoms with Gasteiger partial charge in [-0.15, -0.1) is 0 Å². The molecule has 2 aliphatic carbocycles. The molecule has 4 atom stereocenters. The van der Waals surface area contributed by atoms with Gasteiger partial charge in [-0.1, -0.05) is 36.8 Å². The summed E-state index contributed by atoms with van der Waals surface area (Å²) in [7, 11) is 0. The van der Waals surface area contributed by atoms with Crippen LogP contribution in [0, 0.1) is 31.1 Å². The van der Waals surface area contributed by atoms with Crippen LogP contribution in [0.4, 0.5) is 5.69 Å². The summed E-state index contributed by atoms with van der Waals surface area (Å²) in [6, 6.07) is 6.58. The van der Waals surface area contributed by atoms with Crippen LogP contribution in [0.2, 0.25) is 0 Å². The van der Waals surface area contributed by atoms with Crippen LogP contribution in [-0.4, -0.2) is 49.7 Å². The van der Waals surface area contributed by atoms with Crippen LogP contribution < -0.4 is 4.90 Å². The number of benzene rings is 1. The fourth-order valence-electron chi connectivity index (χ4n) is 6.37. The number of carbonyl (C=O) groups excluding carboxylic acids is 1. The second-order valence-electron chi connectivity index (χ2n) is 10.4. The van der Waals surface area contributed by atoms with Crippen molar-refractivity contribution in [3.63, 3.8) is 0 Å². The first-order chi connectivity index (χ1) is 14.9. The molecule has 4 aliphatic rings. The third-order valence-corrected chi connectivity index (χ3v) is 8.44. The number of rotatable bonds is 3. The Balaban J connectivity index is 1.28. The number of anilines is 1. The molecule has 4 heteroatoms. The zero-order chi connectivity index (χ0) is 21.8. The summed E-state index contributed by atoms with van der Waals surface area (Å²) in [6.45, 7) is 13.9. The molecule has 5 rings (SSSR count). The summed E-state index contributed by atoms with van der Waals surface area (Å²) in [4.78, 5) is 17.8. The van der Waals surface area contributed by atoms with E-state index >= 15 is 0 Å². The van der Waals surface area contributed by atoms with E-state index in [-0.39, 0.29) is 29.3 Å². The molecule has 0 N–H and O–H groups in total. The zero-order valence-corrected chi connectivity index (χ0v) is 19.5. The normalized spacial score (nSPS) is 33.4. The Labute approximate surface area is 186 Å². The molecule has 0 saturated carbocycles. The maximum atomic E-state index is 12.9. The van der Waals surface area contributed by atoms with Crippen molar-refractivity contribution in [1.29, 1.82) is 0 Å². The minimum absolute atomic E-state index is 0.0210. The Bertz CT molecular complexity index is 941. The van der Waals surface area contributed by atoms with Gasteiger partial charge in [-0.3, -0.25) is 9.69 Å². The van der Waals surface area contributed by atoms with Crippen LogP contribution in [0.3, 0.4) is 0 Å². The third-order valence-electron chi connectivity index (χ3n) is 8.44. The molecule has 0 aromatic heterocycles. The Kier molecular flexibility index (Phi) is 5.24. The van der Waals surface area contributed by atoms with Gasteiger partial charge in [0.15, 0.2) is 0 Å². The van der Waals surface area contributed by atoms with Gasteiger partial charge in [-0.25, -0.2) is 0 Å². The van der Waals surface area contributed by atoms with E-state index in [1.807, 2.05) is 0 Å². The molecule has 4 unspecified atom stereocenters. The molecule has 0 amide bonds. The molecule has 0 bridgehead atoms. The van der Waals surface area contributed by atoms with Crippen molar-refractivity contribution in [2.45, 2.75) is 53.1 Å². The first-order valence-corrected chi connectivity index (χ1v) is 12.0. The smallest absolute Gasteiger partial charge is 0.311 e. The van der Waals surface area contributed by atoms with Crippen LogP contribution in [-0.2, 0) is 9.53 Å². The number of aryl methyl sites for hydroxylation is 1. The maximum Gasteiger partial charge on any atom is 0.311 e. The number of carbonyl (C=O) groups is 1. The fraction of sp³-hybridized carbons (Fsp3) is 0.593. The van der Waals surface area contributed by atoms with E-state index in [0.29, 0.717) is 0 Å². The average Bonchev–Trinajstić information content (AvgIpc) is 3.03. The predicted octanol–water partition coefficient (Wildman–Crippen LogP) is 4.66. The number of piperazine rings is 1. The van der Waals surface area contributed by atoms with E-state index in [9.17, 15) is 4.79 Å². The summed E-state index contributed by atoms with van der Waals surface area (Å²) >= 11 is 0. The minimum Gasteiger partial charge on any atom is -0.461 e. The SMILES string of the molecule is CC1=CCCC2(C)CC3OC(=O)C(CN4CCN(c5cccc(C)c5C)CC4)C3C=C12. The van der Waals surface area contributed by atoms with Crippen molar-refractivity contribution < 1.29 is 9.53 Å². The number of hydrogen-bond donors (Lipinski definition) is 0. The van der Waals surface area contributed by atoms with Crippen LogP contribution in [0.25, 0.3) is 0 Å². The van der Waals surface area contributed by atoms with Crippen molar-refractivity contribution >= 4 is 11.7 Å². The molecule has 4 nitrogen and oxygen atoms in total. The molecular weight excluding hydrogens is 384 g/mol. The van der Waals surface area contributed by atoms with Gasteiger partial charge in [-0.2, -0.15) is 0 Å². The summed E-state index contributed by atoms with van der Waals surface area (Å²) < 4.78 is 5.95. The molecule has 2 aliphatic heterocycles. The number of nitrogens with zero attached hydrogens (tertiary/aromatic N) is 2. The zero-order valence-electron chi connectivity index (χ0n) is 19.5. The highest BCUT2D eigenvalue weighted by molar-refractivity contribution is 5.76. The quantitative estimate of drug-likeness (QED) is 0.666. The van der Waals surface area contributed by atoms with Crippen molar-refractivity contribution in [3.8, 4) is 0 Å². The largest absolute Gasteiger partial charge is 0.461 e. The summed E-state index contributed by atoms with van der Waals surface area (Å²) in [5.74, 6) is 0.228. The highest BCUT2D eigenvalue weighted by Crippen LogP contribution is 2.52. The van der Waals surface area contributed by atoms with Crippen LogP contribution in [0.15, 0.2) is 41.5 Å². The summed E-state index contributed by atoms with van der Waals surface area (Å²) in [6.07, 6.45) is 8.14. The van der Waals surface area contributed by atoms with Gasteiger partial charge < -0.3 is 9.64 Å². The molecular formula is C27H36N2O2. The van der Waals surface area contributed by atoms with Gasteiger partial charge in [0.1, 0.15) is 6.10 Å². The van der Waals surface area contributed by atoms with Gasteiger partial charge in [0, 0.05) is 44.3 Å². The molecule has 2 fully saturated rings. The van der Waals surface area contributed by atoms with Gasteiger partial charge in [0.2, 0.25) is 0 Å². The number of ether oxygens (including phenoxy) is 1. The lowest BCUT2D eigenvalue weighted by molar-refractivity contribution is -0.145. The molecule has 2 saturated heterocycles. The van der Waals surface area contributed by atoms with Crippen molar-refractivity contribution in [2.24, 2.45) is 17.3 Å². The Hall–Kier alpha value is -2.07. The molecule has 2 heterocycles. The molecule has 31 heavy (non-hydrogen) atoms. The predicted molar refractivity (Wildman–Crippen MR) is 125 cm³/mol. The van der Waals surface area contributed by atoms with E-state index in [0.717, 1.165) is 45.6 Å². The number of hydrogen-bond acceptors (Lipinski definition) is 4. The van der Waals surface area contributed by atoms with Gasteiger partial charge in [0.05, 0.1) is 5.92 Å². The van der Waals surface area contributed by atoms with Crippen LogP contribution in [0.5, 0.6) is 0 Å². The van der Waals surface area contributed by atoms with Crippen molar-refractivity contribution in [1.82, 2.24) is 4.90 Å². The van der Waals surface area contributed by atoms with Crippen molar-refractivity contribution in [2.75, 3.05) is 37.6 Å². The Morgan fingerprint density at radius 2 is 1.90 bits per heavy atom. The van der Waals surface area contributed by atoms with Gasteiger partial charge in [0.25, 0.3) is 0 Å². The topological polar surface area (TPSA) is 32.8 Å². The molecule has 1 aromatic rings. The second kappa shape index (κ2) is 7.81. The van der Waals surface area contributed by atoms with Crippen LogP contribution in [0.1, 0.15) is 44.2 Å². The lowest BCUT2D eigenvalue weighted by Crippen LogP contribution is -2.49. The lowest BCUT2D eigenvalue weighted by atomic mass is 9.62. The lowest BCUT2D eigenvalue weighted by Gasteiger charge is -2.43. The van der Waals surface area contributed by atoms with Gasteiger partial charge in [-0.05, 0) is 68.2 Å². The maximum absolute atomic E-state index is 12.9. The van der Waals surface area contributed by atoms with Gasteiger partial charge >= 0.3 is 5.97 Å². The minimum atomic E-state index is -0.0240. The van der Waals surface area contributed by atoms with E-state index < -0.39 is 0 Å². The summed E-state index contributed by atoms with van der Waals surface area (Å²) in [5, 5.41) is 0. The standard InChI is InChI=1S/C27H36N2O2/c1-18-7-5-9-24(20(18)3)29-13-11-28(12-14-29)17-22-21-15-23-19(2)8-6-10-27(23,4)16-25(21)31-26(22)30/h5,7-9,15,21-22,25H,6,10-14,16-17H2,1-4H3. The van der Waals surface area contributed by atoms with E-state index in [2.05, 4.69) is 67.8 Å². The first-order valence-electron chi connectivity index (χ1n) is 12.0. The highest BCUT2D eigenvalue weighted by Gasteiger charge is 2.51. The Morgan fingerprint density at radius 1 is 1.13 bits per heavy atom. The third kappa shape index (κ3) is 3.63. The van der Waals surface area contributed by atoms with E-state index in [1.54, 1.807) is 0 Å². The molecule has 0 radical (unpaired) electrons. The highest BCUT2D eigenvalue weighted by atomic mass is 16.6. The number of allylic oxidation sites excluding steroid dienone is 3. The molecule has 166 valence electrons. The summed E-state index contributed by atoms with van der Waals surface area (Å²) in [5.41, 5.74) is 7.15. The number of fused-ring (bicyclic) bond motifs is 2. The van der Waals surface area contributed by atoms with E-state index in [4.69, 9.17) is 4.74 Å². The monoisotopic (exact) mass is 420 g/mol. The second-order valence-corrected chi connectivity index (χ2v) is 10.4. The number of esters is 1. The van der Waals surface area contributed by atoms with Crippen LogP contribution >= 0.6 is 0 Å². The Morgan fingerprint density at radius 3 is 2.68 bits per heavy atom. The van der Waals surface area contributed by atoms with Crippen molar-refractivity contribution in [3.05, 3.63) is 52.6 Å². The van der Waals surface area contributed by atoms with E-state index in [1.165, 1.54) is 34.4 Å². The fourth-order valence-corrected chi connectivity index (χ4v) is 6.37.